The molecule has 0 bridgehead atoms. The Labute approximate surface area is 163 Å². The maximum atomic E-state index is 12.9. The van der Waals surface area contributed by atoms with Crippen molar-refractivity contribution in [2.24, 2.45) is 11.8 Å². The smallest absolute Gasteiger partial charge is 0.435 e. The zero-order valence-corrected chi connectivity index (χ0v) is 16.5. The number of carbonyl (C=O) groups excluding carboxylic acids is 3. The van der Waals surface area contributed by atoms with E-state index in [1.165, 1.54) is 11.8 Å². The third-order valence-electron chi connectivity index (χ3n) is 5.64. The standard InChI is InChI=1S/C19H27NO8/c1-5-26-19(24)28-10(3)27-18(23)16-14-11(7-6-8-12(14)25-4)15-13(9(2)21)17(22)20(15)16/h9-13,15,21H,5-8H2,1-4H3/t9?,10?,11-,12-,13+,15+/m0/s1. The minimum absolute atomic E-state index is 0.0557. The van der Waals surface area contributed by atoms with Crippen LogP contribution < -0.4 is 0 Å². The third kappa shape index (κ3) is 3.37. The molecule has 0 aromatic heterocycles. The molecule has 1 N–H and O–H groups in total. The monoisotopic (exact) mass is 397 g/mol. The lowest BCUT2D eigenvalue weighted by Gasteiger charge is -2.47. The summed E-state index contributed by atoms with van der Waals surface area (Å²) >= 11 is 0. The molecule has 9 nitrogen and oxygen atoms in total. The van der Waals surface area contributed by atoms with Crippen molar-refractivity contribution in [2.75, 3.05) is 13.7 Å². The quantitative estimate of drug-likeness (QED) is 0.406. The van der Waals surface area contributed by atoms with Crippen LogP contribution in [0.4, 0.5) is 4.79 Å². The summed E-state index contributed by atoms with van der Waals surface area (Å²) in [5.41, 5.74) is 0.895. The van der Waals surface area contributed by atoms with E-state index in [4.69, 9.17) is 14.2 Å². The number of hydrogen-bond donors (Lipinski definition) is 1. The Morgan fingerprint density at radius 3 is 2.57 bits per heavy atom. The zero-order valence-electron chi connectivity index (χ0n) is 16.5. The zero-order chi connectivity index (χ0) is 20.6. The van der Waals surface area contributed by atoms with Crippen LogP contribution in [-0.4, -0.2) is 66.3 Å². The molecular formula is C19H27NO8. The van der Waals surface area contributed by atoms with E-state index in [0.29, 0.717) is 0 Å². The number of nitrogens with zero attached hydrogens (tertiary/aromatic N) is 1. The van der Waals surface area contributed by atoms with Gasteiger partial charge in [0.15, 0.2) is 0 Å². The van der Waals surface area contributed by atoms with Gasteiger partial charge in [0.2, 0.25) is 12.2 Å². The molecule has 9 heteroatoms. The van der Waals surface area contributed by atoms with E-state index in [-0.39, 0.29) is 36.3 Å². The molecule has 0 spiro atoms. The lowest BCUT2D eigenvalue weighted by atomic mass is 9.72. The molecule has 3 rings (SSSR count). The van der Waals surface area contributed by atoms with E-state index in [9.17, 15) is 19.5 Å². The highest BCUT2D eigenvalue weighted by Crippen LogP contribution is 2.52. The van der Waals surface area contributed by atoms with Crippen molar-refractivity contribution in [2.45, 2.75) is 64.6 Å². The normalized spacial score (nSPS) is 30.8. The summed E-state index contributed by atoms with van der Waals surface area (Å²) in [6.45, 7) is 4.75. The van der Waals surface area contributed by atoms with Crippen LogP contribution in [0.1, 0.15) is 40.0 Å². The van der Waals surface area contributed by atoms with Gasteiger partial charge < -0.3 is 29.0 Å². The fourth-order valence-electron chi connectivity index (χ4n) is 4.59. The average molecular weight is 397 g/mol. The Hall–Kier alpha value is -2.13. The fourth-order valence-corrected chi connectivity index (χ4v) is 4.59. The molecule has 0 radical (unpaired) electrons. The minimum Gasteiger partial charge on any atom is -0.435 e. The van der Waals surface area contributed by atoms with Crippen LogP contribution in [0, 0.1) is 11.8 Å². The van der Waals surface area contributed by atoms with Crippen LogP contribution in [0.5, 0.6) is 0 Å². The first kappa shape index (κ1) is 20.6. The highest BCUT2D eigenvalue weighted by molar-refractivity contribution is 6.01. The van der Waals surface area contributed by atoms with Crippen LogP contribution in [-0.2, 0) is 28.5 Å². The Bertz CT molecular complexity index is 687. The number of rotatable bonds is 6. The van der Waals surface area contributed by atoms with Crippen molar-refractivity contribution in [3.8, 4) is 0 Å². The van der Waals surface area contributed by atoms with Gasteiger partial charge in [-0.1, -0.05) is 0 Å². The minimum atomic E-state index is -1.18. The van der Waals surface area contributed by atoms with Crippen molar-refractivity contribution in [3.63, 3.8) is 0 Å². The lowest BCUT2D eigenvalue weighted by molar-refractivity contribution is -0.173. The number of carbonyl (C=O) groups is 3. The second-order valence-electron chi connectivity index (χ2n) is 7.30. The van der Waals surface area contributed by atoms with Gasteiger partial charge in [-0.05, 0) is 38.7 Å². The highest BCUT2D eigenvalue weighted by Gasteiger charge is 2.62. The van der Waals surface area contributed by atoms with Gasteiger partial charge in [-0.2, -0.15) is 0 Å². The summed E-state index contributed by atoms with van der Waals surface area (Å²) < 4.78 is 20.4. The molecule has 1 saturated heterocycles. The van der Waals surface area contributed by atoms with E-state index >= 15 is 0 Å². The second-order valence-corrected chi connectivity index (χ2v) is 7.30. The first-order valence-corrected chi connectivity index (χ1v) is 9.64. The number of fused-ring (bicyclic) bond motifs is 3. The molecule has 6 atom stereocenters. The van der Waals surface area contributed by atoms with Crippen molar-refractivity contribution in [1.82, 2.24) is 4.90 Å². The summed E-state index contributed by atoms with van der Waals surface area (Å²) in [5, 5.41) is 10.0. The van der Waals surface area contributed by atoms with Gasteiger partial charge in [0.25, 0.3) is 0 Å². The predicted octanol–water partition coefficient (Wildman–Crippen LogP) is 1.34. The molecule has 0 aromatic rings. The third-order valence-corrected chi connectivity index (χ3v) is 5.64. The molecule has 2 heterocycles. The predicted molar refractivity (Wildman–Crippen MR) is 94.6 cm³/mol. The molecule has 156 valence electrons. The Morgan fingerprint density at radius 2 is 1.96 bits per heavy atom. The summed E-state index contributed by atoms with van der Waals surface area (Å²) in [7, 11) is 1.57. The Kier molecular flexibility index (Phi) is 5.95. The number of β-lactam (4-membered cyclic amide) rings is 1. The van der Waals surface area contributed by atoms with Gasteiger partial charge in [-0.25, -0.2) is 9.59 Å². The maximum Gasteiger partial charge on any atom is 0.511 e. The van der Waals surface area contributed by atoms with Crippen LogP contribution in [0.3, 0.4) is 0 Å². The Morgan fingerprint density at radius 1 is 1.25 bits per heavy atom. The van der Waals surface area contributed by atoms with Crippen LogP contribution in [0.25, 0.3) is 0 Å². The van der Waals surface area contributed by atoms with Crippen molar-refractivity contribution in [3.05, 3.63) is 11.3 Å². The number of methoxy groups -OCH3 is 1. The Balaban J connectivity index is 1.85. The van der Waals surface area contributed by atoms with Crippen molar-refractivity contribution < 1.29 is 38.4 Å². The van der Waals surface area contributed by atoms with Gasteiger partial charge in [0.05, 0.1) is 30.8 Å². The first-order chi connectivity index (χ1) is 13.3. The van der Waals surface area contributed by atoms with Crippen LogP contribution in [0.2, 0.25) is 0 Å². The number of ether oxygens (including phenoxy) is 4. The molecule has 1 saturated carbocycles. The number of amides is 1. The van der Waals surface area contributed by atoms with E-state index in [0.717, 1.165) is 24.8 Å². The van der Waals surface area contributed by atoms with E-state index in [1.807, 2.05) is 0 Å². The molecule has 2 aliphatic heterocycles. The lowest BCUT2D eigenvalue weighted by Crippen LogP contribution is -2.64. The number of hydrogen-bond acceptors (Lipinski definition) is 8. The molecule has 28 heavy (non-hydrogen) atoms. The molecule has 1 amide bonds. The number of esters is 1. The molecule has 1 aliphatic carbocycles. The highest BCUT2D eigenvalue weighted by atomic mass is 16.8. The summed E-state index contributed by atoms with van der Waals surface area (Å²) in [5.74, 6) is -1.66. The van der Waals surface area contributed by atoms with Gasteiger partial charge in [0, 0.05) is 20.0 Å². The molecule has 2 fully saturated rings. The summed E-state index contributed by atoms with van der Waals surface area (Å²) in [6, 6.07) is -0.274. The largest absolute Gasteiger partial charge is 0.511 e. The second kappa shape index (κ2) is 8.08. The fraction of sp³-hybridized carbons (Fsp3) is 0.737. The van der Waals surface area contributed by atoms with E-state index in [2.05, 4.69) is 4.74 Å². The maximum absolute atomic E-state index is 12.9. The van der Waals surface area contributed by atoms with Crippen LogP contribution >= 0.6 is 0 Å². The van der Waals surface area contributed by atoms with Gasteiger partial charge in [-0.15, -0.1) is 0 Å². The van der Waals surface area contributed by atoms with Gasteiger partial charge in [0.1, 0.15) is 5.70 Å². The number of aliphatic hydroxyl groups is 1. The van der Waals surface area contributed by atoms with Crippen molar-refractivity contribution in [1.29, 1.82) is 0 Å². The van der Waals surface area contributed by atoms with Gasteiger partial charge >= 0.3 is 12.1 Å². The average Bonchev–Trinajstić information content (AvgIpc) is 2.92. The molecule has 0 aromatic carbocycles. The van der Waals surface area contributed by atoms with Crippen LogP contribution in [0.15, 0.2) is 11.3 Å². The molecule has 2 unspecified atom stereocenters. The van der Waals surface area contributed by atoms with E-state index < -0.39 is 30.4 Å². The number of aliphatic hydroxyl groups excluding tert-OH is 1. The SMILES string of the molecule is CCOC(=O)OC(C)OC(=O)C1=C2[C@@H](OC)CCC[C@@H]2[C@@H]2[C@@H](C(C)O)C(=O)N12. The molecular weight excluding hydrogens is 370 g/mol. The summed E-state index contributed by atoms with van der Waals surface area (Å²) in [4.78, 5) is 38.4. The first-order valence-electron chi connectivity index (χ1n) is 9.64. The van der Waals surface area contributed by atoms with E-state index in [1.54, 1.807) is 21.0 Å². The van der Waals surface area contributed by atoms with Crippen molar-refractivity contribution >= 4 is 18.0 Å². The topological polar surface area (TPSA) is 112 Å². The molecule has 3 aliphatic rings. The summed E-state index contributed by atoms with van der Waals surface area (Å²) in [6.07, 6.45) is -0.770. The van der Waals surface area contributed by atoms with Gasteiger partial charge in [-0.3, -0.25) is 4.79 Å².